The molecule has 0 radical (unpaired) electrons. The van der Waals surface area contributed by atoms with Crippen LogP contribution < -0.4 is 0 Å². The molecule has 0 amide bonds. The molecule has 0 aromatic heterocycles. The van der Waals surface area contributed by atoms with Gasteiger partial charge >= 0.3 is 5.97 Å². The largest absolute Gasteiger partial charge is 0.489 e. The molecule has 3 aliphatic rings. The Morgan fingerprint density at radius 1 is 1.00 bits per heavy atom. The van der Waals surface area contributed by atoms with Crippen LogP contribution in [-0.2, 0) is 19.1 Å². The highest BCUT2D eigenvalue weighted by Crippen LogP contribution is 2.45. The monoisotopic (exact) mass is 300 g/mol. The number of rotatable bonds is 1. The molecule has 1 aliphatic carbocycles. The number of aliphatic hydroxyl groups excluding tert-OH is 1. The van der Waals surface area contributed by atoms with Crippen LogP contribution in [-0.4, -0.2) is 29.1 Å². The van der Waals surface area contributed by atoms with E-state index in [9.17, 15) is 14.7 Å². The summed E-state index contributed by atoms with van der Waals surface area (Å²) in [7, 11) is 0. The molecule has 1 aromatic carbocycles. The van der Waals surface area contributed by atoms with Crippen LogP contribution in [0.4, 0.5) is 0 Å². The van der Waals surface area contributed by atoms with Crippen LogP contribution in [0.1, 0.15) is 30.9 Å². The third-order valence-corrected chi connectivity index (χ3v) is 4.62. The van der Waals surface area contributed by atoms with Gasteiger partial charge in [0.15, 0.2) is 5.78 Å². The van der Waals surface area contributed by atoms with E-state index in [0.29, 0.717) is 11.3 Å². The lowest BCUT2D eigenvalue weighted by molar-refractivity contribution is -0.147. The summed E-state index contributed by atoms with van der Waals surface area (Å²) in [4.78, 5) is 24.1. The fourth-order valence-corrected chi connectivity index (χ4v) is 3.63. The van der Waals surface area contributed by atoms with Gasteiger partial charge in [-0.25, -0.2) is 0 Å². The van der Waals surface area contributed by atoms with Gasteiger partial charge in [-0.15, -0.1) is 0 Å². The van der Waals surface area contributed by atoms with Crippen LogP contribution in [0.25, 0.3) is 0 Å². The van der Waals surface area contributed by atoms with E-state index in [1.165, 1.54) is 0 Å². The number of carbonyl (C=O) groups excluding carboxylic acids is 2. The van der Waals surface area contributed by atoms with E-state index in [2.05, 4.69) is 0 Å². The predicted molar refractivity (Wildman–Crippen MR) is 75.5 cm³/mol. The molecular formula is C17H16O5. The van der Waals surface area contributed by atoms with E-state index in [1.54, 1.807) is 0 Å². The van der Waals surface area contributed by atoms with Gasteiger partial charge in [-0.1, -0.05) is 30.3 Å². The first-order chi connectivity index (χ1) is 10.6. The zero-order chi connectivity index (χ0) is 15.3. The third kappa shape index (κ3) is 2.04. The lowest BCUT2D eigenvalue weighted by Gasteiger charge is -2.37. The SMILES string of the molecule is O=C1C[C@@H]2C3=C(C[C@H](O)[C@@H]2O1)O[C@@H](c1ccccc1)CC3=O. The number of ketones is 1. The topological polar surface area (TPSA) is 72.8 Å². The summed E-state index contributed by atoms with van der Waals surface area (Å²) >= 11 is 0. The summed E-state index contributed by atoms with van der Waals surface area (Å²) in [6.45, 7) is 0. The van der Waals surface area contributed by atoms with Crippen molar-refractivity contribution in [1.82, 2.24) is 0 Å². The molecule has 5 nitrogen and oxygen atoms in total. The van der Waals surface area contributed by atoms with Gasteiger partial charge in [-0.05, 0) is 5.56 Å². The molecule has 2 heterocycles. The zero-order valence-corrected chi connectivity index (χ0v) is 11.9. The van der Waals surface area contributed by atoms with Crippen LogP contribution >= 0.6 is 0 Å². The molecular weight excluding hydrogens is 284 g/mol. The molecule has 0 spiro atoms. The fourth-order valence-electron chi connectivity index (χ4n) is 3.63. The Balaban J connectivity index is 1.69. The van der Waals surface area contributed by atoms with Crippen LogP contribution in [0.15, 0.2) is 41.7 Å². The van der Waals surface area contributed by atoms with Gasteiger partial charge in [-0.3, -0.25) is 9.59 Å². The van der Waals surface area contributed by atoms with Gasteiger partial charge < -0.3 is 14.6 Å². The molecule has 0 bridgehead atoms. The average Bonchev–Trinajstić information content (AvgIpc) is 2.90. The van der Waals surface area contributed by atoms with Gasteiger partial charge in [0.1, 0.15) is 18.0 Å². The highest BCUT2D eigenvalue weighted by atomic mass is 16.6. The van der Waals surface area contributed by atoms with Gasteiger partial charge in [0, 0.05) is 17.9 Å². The zero-order valence-electron chi connectivity index (χ0n) is 11.9. The number of hydrogen-bond acceptors (Lipinski definition) is 5. The molecule has 4 rings (SSSR count). The summed E-state index contributed by atoms with van der Waals surface area (Å²) in [5.41, 5.74) is 1.49. The highest BCUT2D eigenvalue weighted by Gasteiger charge is 2.50. The lowest BCUT2D eigenvalue weighted by atomic mass is 9.77. The average molecular weight is 300 g/mol. The van der Waals surface area contributed by atoms with E-state index in [0.717, 1.165) is 5.56 Å². The number of fused-ring (bicyclic) bond motifs is 2. The second kappa shape index (κ2) is 4.95. The molecule has 1 aromatic rings. The molecule has 5 heteroatoms. The van der Waals surface area contributed by atoms with Crippen LogP contribution in [0, 0.1) is 5.92 Å². The fraction of sp³-hybridized carbons (Fsp3) is 0.412. The van der Waals surface area contributed by atoms with Crippen molar-refractivity contribution in [2.24, 2.45) is 5.92 Å². The second-order valence-electron chi connectivity index (χ2n) is 6.02. The van der Waals surface area contributed by atoms with E-state index < -0.39 is 12.2 Å². The number of aliphatic hydroxyl groups is 1. The van der Waals surface area contributed by atoms with Gasteiger partial charge in [-0.2, -0.15) is 0 Å². The third-order valence-electron chi connectivity index (χ3n) is 4.62. The Morgan fingerprint density at radius 2 is 1.77 bits per heavy atom. The molecule has 4 atom stereocenters. The standard InChI is InChI=1S/C17H16O5/c18-11-7-13(9-4-2-1-3-5-9)21-14-8-12(19)17-10(16(11)14)6-15(20)22-17/h1-5,10,12-13,17,19H,6-8H2/t10-,12+,13-,17-/m1/s1. The summed E-state index contributed by atoms with van der Waals surface area (Å²) in [6, 6.07) is 9.57. The van der Waals surface area contributed by atoms with Crippen molar-refractivity contribution in [2.75, 3.05) is 0 Å². The van der Waals surface area contributed by atoms with E-state index >= 15 is 0 Å². The molecule has 1 saturated heterocycles. The van der Waals surface area contributed by atoms with Crippen molar-refractivity contribution in [2.45, 2.75) is 37.6 Å². The summed E-state index contributed by atoms with van der Waals surface area (Å²) in [6.07, 6.45) is -1.11. The summed E-state index contributed by atoms with van der Waals surface area (Å²) in [5.74, 6) is -0.205. The number of hydrogen-bond donors (Lipinski definition) is 1. The maximum Gasteiger partial charge on any atom is 0.306 e. The molecule has 2 aliphatic heterocycles. The molecule has 114 valence electrons. The number of esters is 1. The lowest BCUT2D eigenvalue weighted by Crippen LogP contribution is -2.41. The minimum atomic E-state index is -0.808. The van der Waals surface area contributed by atoms with Crippen molar-refractivity contribution < 1.29 is 24.2 Å². The number of benzene rings is 1. The second-order valence-corrected chi connectivity index (χ2v) is 6.02. The molecule has 0 saturated carbocycles. The molecule has 0 unspecified atom stereocenters. The highest BCUT2D eigenvalue weighted by molar-refractivity contribution is 5.98. The van der Waals surface area contributed by atoms with Crippen LogP contribution in [0.3, 0.4) is 0 Å². The first-order valence-corrected chi connectivity index (χ1v) is 7.49. The number of Topliss-reactive ketones (excluding diaryl/α,β-unsaturated/α-hetero) is 1. The number of carbonyl (C=O) groups is 2. The minimum Gasteiger partial charge on any atom is -0.489 e. The maximum atomic E-state index is 12.6. The Kier molecular flexibility index (Phi) is 3.04. The first-order valence-electron chi connectivity index (χ1n) is 7.49. The van der Waals surface area contributed by atoms with Gasteiger partial charge in [0.25, 0.3) is 0 Å². The van der Waals surface area contributed by atoms with E-state index in [4.69, 9.17) is 9.47 Å². The van der Waals surface area contributed by atoms with Gasteiger partial charge in [0.2, 0.25) is 0 Å². The van der Waals surface area contributed by atoms with Crippen molar-refractivity contribution >= 4 is 11.8 Å². The Labute approximate surface area is 127 Å². The quantitative estimate of drug-likeness (QED) is 0.799. The predicted octanol–water partition coefficient (Wildman–Crippen LogP) is 1.67. The molecule has 1 fully saturated rings. The van der Waals surface area contributed by atoms with Crippen LogP contribution in [0.5, 0.6) is 0 Å². The first kappa shape index (κ1) is 13.5. The number of ether oxygens (including phenoxy) is 2. The van der Waals surface area contributed by atoms with E-state index in [1.807, 2.05) is 30.3 Å². The Hall–Kier alpha value is -2.14. The minimum absolute atomic E-state index is 0.00435. The smallest absolute Gasteiger partial charge is 0.306 e. The van der Waals surface area contributed by atoms with Crippen molar-refractivity contribution in [3.05, 3.63) is 47.2 Å². The summed E-state index contributed by atoms with van der Waals surface area (Å²) in [5, 5.41) is 10.2. The normalized spacial score (nSPS) is 33.9. The van der Waals surface area contributed by atoms with Crippen LogP contribution in [0.2, 0.25) is 0 Å². The molecule has 1 N–H and O–H groups in total. The Morgan fingerprint density at radius 3 is 2.55 bits per heavy atom. The van der Waals surface area contributed by atoms with E-state index in [-0.39, 0.29) is 43.0 Å². The van der Waals surface area contributed by atoms with Crippen molar-refractivity contribution in [1.29, 1.82) is 0 Å². The summed E-state index contributed by atoms with van der Waals surface area (Å²) < 4.78 is 11.1. The molecule has 22 heavy (non-hydrogen) atoms. The van der Waals surface area contributed by atoms with Gasteiger partial charge in [0.05, 0.1) is 18.9 Å². The Bertz CT molecular complexity index is 663. The maximum absolute atomic E-state index is 12.6. The van der Waals surface area contributed by atoms with Crippen molar-refractivity contribution in [3.63, 3.8) is 0 Å². The van der Waals surface area contributed by atoms with Crippen molar-refractivity contribution in [3.8, 4) is 0 Å².